The van der Waals surface area contributed by atoms with Crippen LogP contribution in [0.4, 0.5) is 0 Å². The van der Waals surface area contributed by atoms with Crippen molar-refractivity contribution in [3.63, 3.8) is 0 Å². The maximum absolute atomic E-state index is 10.6. The molecule has 1 aromatic rings. The number of nitrogens with zero attached hydrogens (tertiary/aromatic N) is 2. The Kier molecular flexibility index (Phi) is 3.39. The normalized spacial score (nSPS) is 12.9. The van der Waals surface area contributed by atoms with Crippen LogP contribution < -0.4 is 0 Å². The quantitative estimate of drug-likeness (QED) is 0.688. The van der Waals surface area contributed by atoms with E-state index < -0.39 is 0 Å². The molecule has 0 bridgehead atoms. The molecule has 4 heteroatoms. The number of rotatable bonds is 3. The van der Waals surface area contributed by atoms with Gasteiger partial charge in [-0.1, -0.05) is 17.7 Å². The molecular weight excluding hydrogens is 188 g/mol. The van der Waals surface area contributed by atoms with E-state index in [2.05, 4.69) is 4.98 Å². The summed E-state index contributed by atoms with van der Waals surface area (Å²) in [7, 11) is 3.62. The van der Waals surface area contributed by atoms with E-state index >= 15 is 0 Å². The molecule has 0 aliphatic heterocycles. The zero-order chi connectivity index (χ0) is 9.84. The van der Waals surface area contributed by atoms with Gasteiger partial charge in [-0.15, -0.1) is 0 Å². The Labute approximate surface area is 82.3 Å². The molecule has 0 fully saturated rings. The average molecular weight is 198 g/mol. The molecule has 0 N–H and O–H groups in total. The van der Waals surface area contributed by atoms with Crippen molar-refractivity contribution in [1.82, 2.24) is 9.88 Å². The van der Waals surface area contributed by atoms with E-state index in [1.807, 2.05) is 20.4 Å². The van der Waals surface area contributed by atoms with Crippen molar-refractivity contribution in [2.45, 2.75) is 6.04 Å². The van der Waals surface area contributed by atoms with Gasteiger partial charge in [0.2, 0.25) is 6.29 Å². The molecule has 0 aliphatic carbocycles. The van der Waals surface area contributed by atoms with Crippen LogP contribution in [0, 0.1) is 0 Å². The molecule has 1 atom stereocenters. The fraction of sp³-hybridized carbons (Fsp3) is 0.333. The second-order valence-corrected chi connectivity index (χ2v) is 3.29. The third-order valence-corrected chi connectivity index (χ3v) is 1.92. The maximum Gasteiger partial charge on any atom is 0.222 e. The van der Waals surface area contributed by atoms with Crippen LogP contribution in [-0.4, -0.2) is 30.3 Å². The van der Waals surface area contributed by atoms with Gasteiger partial charge in [-0.05, 0) is 25.7 Å². The highest BCUT2D eigenvalue weighted by atomic mass is 35.5. The van der Waals surface area contributed by atoms with Gasteiger partial charge in [0.1, 0.15) is 11.2 Å². The minimum Gasteiger partial charge on any atom is -0.296 e. The van der Waals surface area contributed by atoms with Crippen LogP contribution in [0.25, 0.3) is 0 Å². The molecule has 0 saturated heterocycles. The highest BCUT2D eigenvalue weighted by molar-refractivity contribution is 6.29. The van der Waals surface area contributed by atoms with Gasteiger partial charge in [-0.3, -0.25) is 9.69 Å². The largest absolute Gasteiger partial charge is 0.296 e. The Morgan fingerprint density at radius 2 is 2.23 bits per heavy atom. The van der Waals surface area contributed by atoms with Crippen LogP contribution in [0.2, 0.25) is 5.15 Å². The highest BCUT2D eigenvalue weighted by Crippen LogP contribution is 2.15. The zero-order valence-electron chi connectivity index (χ0n) is 7.49. The number of hydrogen-bond acceptors (Lipinski definition) is 3. The molecule has 0 amide bonds. The Morgan fingerprint density at radius 1 is 1.54 bits per heavy atom. The Balaban J connectivity index is 2.92. The second kappa shape index (κ2) is 4.35. The number of aromatic nitrogens is 1. The smallest absolute Gasteiger partial charge is 0.222 e. The molecular formula is C9H10ClN2O. The second-order valence-electron chi connectivity index (χ2n) is 2.90. The summed E-state index contributed by atoms with van der Waals surface area (Å²) in [6.07, 6.45) is 3.51. The summed E-state index contributed by atoms with van der Waals surface area (Å²) in [5, 5.41) is 0.423. The number of halogens is 1. The lowest BCUT2D eigenvalue weighted by Gasteiger charge is -2.17. The SMILES string of the molecule is CN(C)C([C]=O)c1ccc(Cl)nc1. The first-order valence-electron chi connectivity index (χ1n) is 3.80. The predicted octanol–water partition coefficient (Wildman–Crippen LogP) is 1.45. The summed E-state index contributed by atoms with van der Waals surface area (Å²) >= 11 is 5.62. The van der Waals surface area contributed by atoms with Crippen LogP contribution >= 0.6 is 11.6 Å². The van der Waals surface area contributed by atoms with Crippen LogP contribution in [0.15, 0.2) is 18.3 Å². The summed E-state index contributed by atoms with van der Waals surface area (Å²) < 4.78 is 0. The summed E-state index contributed by atoms with van der Waals surface area (Å²) in [5.41, 5.74) is 0.796. The van der Waals surface area contributed by atoms with Crippen LogP contribution in [0.3, 0.4) is 0 Å². The van der Waals surface area contributed by atoms with Gasteiger partial charge in [0.05, 0.1) is 0 Å². The van der Waals surface area contributed by atoms with Crippen LogP contribution in [-0.2, 0) is 4.79 Å². The molecule has 0 saturated carbocycles. The van der Waals surface area contributed by atoms with Gasteiger partial charge in [0, 0.05) is 6.20 Å². The van der Waals surface area contributed by atoms with Gasteiger partial charge in [-0.25, -0.2) is 4.98 Å². The third-order valence-electron chi connectivity index (χ3n) is 1.69. The average Bonchev–Trinajstić information content (AvgIpc) is 2.09. The van der Waals surface area contributed by atoms with Gasteiger partial charge in [-0.2, -0.15) is 0 Å². The van der Waals surface area contributed by atoms with Gasteiger partial charge < -0.3 is 0 Å². The molecule has 0 spiro atoms. The molecule has 1 heterocycles. The van der Waals surface area contributed by atoms with E-state index in [1.54, 1.807) is 23.2 Å². The Bertz CT molecular complexity index is 284. The maximum atomic E-state index is 10.6. The molecule has 3 nitrogen and oxygen atoms in total. The number of pyridine rings is 1. The van der Waals surface area contributed by atoms with E-state index in [9.17, 15) is 4.79 Å². The standard InChI is InChI=1S/C9H10ClN2O/c1-12(2)8(6-13)7-3-4-9(10)11-5-7/h3-5,8H,1-2H3. The lowest BCUT2D eigenvalue weighted by Crippen LogP contribution is -2.21. The Morgan fingerprint density at radius 3 is 2.62 bits per heavy atom. The summed E-state index contributed by atoms with van der Waals surface area (Å²) in [5.74, 6) is 0. The van der Waals surface area contributed by atoms with E-state index in [0.29, 0.717) is 5.15 Å². The predicted molar refractivity (Wildman–Crippen MR) is 51.4 cm³/mol. The van der Waals surface area contributed by atoms with E-state index in [-0.39, 0.29) is 6.04 Å². The molecule has 1 unspecified atom stereocenters. The molecule has 13 heavy (non-hydrogen) atoms. The van der Waals surface area contributed by atoms with Gasteiger partial charge in [0.15, 0.2) is 0 Å². The lowest BCUT2D eigenvalue weighted by molar-refractivity contribution is 0.354. The van der Waals surface area contributed by atoms with Crippen molar-refractivity contribution in [3.05, 3.63) is 29.0 Å². The topological polar surface area (TPSA) is 33.2 Å². The van der Waals surface area contributed by atoms with Gasteiger partial charge >= 0.3 is 0 Å². The van der Waals surface area contributed by atoms with E-state index in [1.165, 1.54) is 0 Å². The van der Waals surface area contributed by atoms with Crippen molar-refractivity contribution in [3.8, 4) is 0 Å². The third kappa shape index (κ3) is 2.50. The summed E-state index contributed by atoms with van der Waals surface area (Å²) in [6.45, 7) is 0. The van der Waals surface area contributed by atoms with Crippen molar-refractivity contribution >= 4 is 17.9 Å². The van der Waals surface area contributed by atoms with Crippen molar-refractivity contribution in [2.24, 2.45) is 0 Å². The minimum absolute atomic E-state index is 0.371. The molecule has 1 rings (SSSR count). The van der Waals surface area contributed by atoms with E-state index in [0.717, 1.165) is 5.56 Å². The van der Waals surface area contributed by atoms with Crippen molar-refractivity contribution in [1.29, 1.82) is 0 Å². The first-order valence-corrected chi connectivity index (χ1v) is 4.18. The fourth-order valence-electron chi connectivity index (χ4n) is 1.02. The number of hydrogen-bond donors (Lipinski definition) is 0. The molecule has 0 aliphatic rings. The molecule has 1 radical (unpaired) electrons. The number of likely N-dealkylation sites (N-methyl/N-ethyl adjacent to an activating group) is 1. The number of carbonyl (C=O) groups excluding carboxylic acids is 1. The van der Waals surface area contributed by atoms with E-state index in [4.69, 9.17) is 11.6 Å². The fourth-order valence-corrected chi connectivity index (χ4v) is 1.13. The monoisotopic (exact) mass is 197 g/mol. The Hall–Kier alpha value is -0.930. The highest BCUT2D eigenvalue weighted by Gasteiger charge is 2.13. The molecule has 69 valence electrons. The van der Waals surface area contributed by atoms with Crippen molar-refractivity contribution < 1.29 is 4.79 Å². The lowest BCUT2D eigenvalue weighted by atomic mass is 10.1. The first kappa shape index (κ1) is 10.2. The zero-order valence-corrected chi connectivity index (χ0v) is 8.25. The molecule has 1 aromatic heterocycles. The van der Waals surface area contributed by atoms with Gasteiger partial charge in [0.25, 0.3) is 0 Å². The first-order chi connectivity index (χ1) is 6.15. The summed E-state index contributed by atoms with van der Waals surface area (Å²) in [4.78, 5) is 16.3. The summed E-state index contributed by atoms with van der Waals surface area (Å²) in [6, 6.07) is 3.06. The minimum atomic E-state index is -0.371. The van der Waals surface area contributed by atoms with Crippen LogP contribution in [0.1, 0.15) is 11.6 Å². The molecule has 0 aromatic carbocycles. The van der Waals surface area contributed by atoms with Crippen LogP contribution in [0.5, 0.6) is 0 Å². The van der Waals surface area contributed by atoms with Crippen molar-refractivity contribution in [2.75, 3.05) is 14.1 Å².